The minimum atomic E-state index is -1.14. The number of fused-ring (bicyclic) bond motifs is 1. The Morgan fingerprint density at radius 1 is 0.820 bits per heavy atom. The summed E-state index contributed by atoms with van der Waals surface area (Å²) in [4.78, 5) is 73.3. The summed E-state index contributed by atoms with van der Waals surface area (Å²) in [6.45, 7) is 11.0. The molecule has 0 fully saturated rings. The second-order valence-corrected chi connectivity index (χ2v) is 13.3. The van der Waals surface area contributed by atoms with Crippen LogP contribution in [0.15, 0.2) is 43.5 Å². The quantitative estimate of drug-likeness (QED) is 0.0500. The highest BCUT2D eigenvalue weighted by atomic mass is 16.6. The molecule has 3 atom stereocenters. The van der Waals surface area contributed by atoms with Crippen LogP contribution in [0.1, 0.15) is 72.3 Å². The number of benzene rings is 1. The highest BCUT2D eigenvalue weighted by molar-refractivity contribution is 6.00. The predicted molar refractivity (Wildman–Crippen MR) is 192 cm³/mol. The summed E-state index contributed by atoms with van der Waals surface area (Å²) >= 11 is 0. The molecule has 2 aromatic rings. The van der Waals surface area contributed by atoms with Gasteiger partial charge in [0, 0.05) is 36.3 Å². The molecule has 0 aliphatic heterocycles. The van der Waals surface area contributed by atoms with Crippen LogP contribution in [0.3, 0.4) is 0 Å². The van der Waals surface area contributed by atoms with E-state index in [1.165, 1.54) is 12.1 Å². The number of guanidine groups is 2. The standard InChI is InChI=1S/C33H52N10O7/c1-18(2)15-24(43-32(48)50-33(4,5)6)29(47)42-23(10-8-14-39-31(36)37)28(46)41-22(9-7-13-38-30(34)35)27(45)40-20-11-12-21-19(3)16-26(44)49-25(21)17-20/h11-12,16-18,22-24H,7-10,13-15H2,1-6H3,(H,40,45)(H,41,46)(H,42,47)(H,43,48)(H4,34,35,38)(H4,36,37,39)/t22?,23-,24-/m0/s1. The number of alkyl carbamates (subject to hydrolysis) is 1. The maximum Gasteiger partial charge on any atom is 0.408 e. The van der Waals surface area contributed by atoms with Crippen LogP contribution in [0.25, 0.3) is 11.0 Å². The number of carbonyl (C=O) groups excluding carboxylic acids is 4. The lowest BCUT2D eigenvalue weighted by Crippen LogP contribution is -2.56. The van der Waals surface area contributed by atoms with Crippen molar-refractivity contribution in [2.45, 2.75) is 97.4 Å². The molecule has 0 saturated heterocycles. The topological polar surface area (TPSA) is 285 Å². The smallest absolute Gasteiger partial charge is 0.408 e. The molecular formula is C33H52N10O7. The van der Waals surface area contributed by atoms with E-state index in [4.69, 9.17) is 32.1 Å². The molecule has 0 spiro atoms. The van der Waals surface area contributed by atoms with Crippen LogP contribution < -0.4 is 49.8 Å². The van der Waals surface area contributed by atoms with Crippen molar-refractivity contribution < 1.29 is 28.3 Å². The zero-order valence-corrected chi connectivity index (χ0v) is 29.6. The van der Waals surface area contributed by atoms with Crippen LogP contribution in [0.5, 0.6) is 0 Å². The first-order chi connectivity index (χ1) is 23.3. The van der Waals surface area contributed by atoms with Gasteiger partial charge in [0.1, 0.15) is 29.3 Å². The Labute approximate surface area is 291 Å². The average molecular weight is 701 g/mol. The van der Waals surface area contributed by atoms with Gasteiger partial charge in [0.2, 0.25) is 17.7 Å². The molecule has 0 bridgehead atoms. The molecule has 0 saturated carbocycles. The third-order valence-corrected chi connectivity index (χ3v) is 7.09. The van der Waals surface area contributed by atoms with Crippen molar-refractivity contribution >= 4 is 52.4 Å². The van der Waals surface area contributed by atoms with Crippen LogP contribution >= 0.6 is 0 Å². The molecule has 0 aliphatic rings. The zero-order chi connectivity index (χ0) is 37.6. The lowest BCUT2D eigenvalue weighted by Gasteiger charge is -2.27. The number of nitrogens with two attached hydrogens (primary N) is 4. The molecule has 4 amide bonds. The third-order valence-electron chi connectivity index (χ3n) is 7.09. The largest absolute Gasteiger partial charge is 0.444 e. The first-order valence-electron chi connectivity index (χ1n) is 16.4. The number of nitrogens with one attached hydrogen (secondary N) is 4. The summed E-state index contributed by atoms with van der Waals surface area (Å²) in [5.74, 6) is -2.11. The summed E-state index contributed by atoms with van der Waals surface area (Å²) in [5.41, 5.74) is 21.8. The number of ether oxygens (including phenoxy) is 1. The fourth-order valence-electron chi connectivity index (χ4n) is 4.87. The number of amides is 4. The summed E-state index contributed by atoms with van der Waals surface area (Å²) in [5, 5.41) is 11.5. The molecule has 17 heteroatoms. The van der Waals surface area contributed by atoms with E-state index in [0.717, 1.165) is 0 Å². The molecule has 50 heavy (non-hydrogen) atoms. The number of hydrogen-bond donors (Lipinski definition) is 8. The van der Waals surface area contributed by atoms with E-state index in [9.17, 15) is 24.0 Å². The molecule has 2 rings (SSSR count). The first-order valence-corrected chi connectivity index (χ1v) is 16.4. The lowest BCUT2D eigenvalue weighted by atomic mass is 10.0. The highest BCUT2D eigenvalue weighted by Crippen LogP contribution is 2.21. The van der Waals surface area contributed by atoms with Crippen molar-refractivity contribution in [3.63, 3.8) is 0 Å². The van der Waals surface area contributed by atoms with E-state index in [1.54, 1.807) is 39.8 Å². The maximum atomic E-state index is 13.8. The van der Waals surface area contributed by atoms with Crippen molar-refractivity contribution in [1.82, 2.24) is 16.0 Å². The van der Waals surface area contributed by atoms with Gasteiger partial charge in [-0.3, -0.25) is 24.4 Å². The number of carbonyl (C=O) groups is 4. The lowest BCUT2D eigenvalue weighted by molar-refractivity contribution is -0.132. The number of rotatable bonds is 17. The minimum absolute atomic E-state index is 0.000161. The number of nitrogens with zero attached hydrogens (tertiary/aromatic N) is 2. The molecule has 12 N–H and O–H groups in total. The SMILES string of the molecule is Cc1cc(=O)oc2cc(NC(=O)C(CCCN=C(N)N)NC(=O)[C@H](CCCN=C(N)N)NC(=O)[C@H](CC(C)C)NC(=O)OC(C)(C)C)ccc12. The van der Waals surface area contributed by atoms with Gasteiger partial charge in [-0.1, -0.05) is 13.8 Å². The van der Waals surface area contributed by atoms with Crippen molar-refractivity contribution in [3.8, 4) is 0 Å². The Kier molecular flexibility index (Phi) is 15.5. The monoisotopic (exact) mass is 700 g/mol. The summed E-state index contributed by atoms with van der Waals surface area (Å²) in [6.07, 6.45) is 0.316. The molecule has 1 aromatic heterocycles. The Bertz CT molecular complexity index is 1610. The summed E-state index contributed by atoms with van der Waals surface area (Å²) in [7, 11) is 0. The van der Waals surface area contributed by atoms with E-state index < -0.39 is 53.2 Å². The first kappa shape index (κ1) is 40.8. The van der Waals surface area contributed by atoms with Gasteiger partial charge in [-0.05, 0) is 83.4 Å². The van der Waals surface area contributed by atoms with Crippen molar-refractivity contribution in [2.75, 3.05) is 18.4 Å². The van der Waals surface area contributed by atoms with Gasteiger partial charge >= 0.3 is 11.7 Å². The Balaban J connectivity index is 2.34. The van der Waals surface area contributed by atoms with Crippen LogP contribution in [0.2, 0.25) is 0 Å². The molecule has 1 unspecified atom stereocenters. The van der Waals surface area contributed by atoms with Crippen molar-refractivity contribution in [3.05, 3.63) is 40.2 Å². The summed E-state index contributed by atoms with van der Waals surface area (Å²) in [6, 6.07) is 2.97. The van der Waals surface area contributed by atoms with E-state index >= 15 is 0 Å². The maximum absolute atomic E-state index is 13.8. The van der Waals surface area contributed by atoms with Crippen LogP contribution in [0, 0.1) is 12.8 Å². The Hall–Kier alpha value is -5.35. The second kappa shape index (κ2) is 19.0. The fraction of sp³-hybridized carbons (Fsp3) is 0.545. The molecular weight excluding hydrogens is 648 g/mol. The molecule has 0 radical (unpaired) electrons. The van der Waals surface area contributed by atoms with Crippen molar-refractivity contribution in [1.29, 1.82) is 0 Å². The van der Waals surface area contributed by atoms with Crippen LogP contribution in [0.4, 0.5) is 10.5 Å². The minimum Gasteiger partial charge on any atom is -0.444 e. The molecule has 0 aliphatic carbocycles. The number of aryl methyl sites for hydroxylation is 1. The van der Waals surface area contributed by atoms with Gasteiger partial charge in [0.25, 0.3) is 0 Å². The second-order valence-electron chi connectivity index (χ2n) is 13.3. The fourth-order valence-corrected chi connectivity index (χ4v) is 4.87. The van der Waals surface area contributed by atoms with E-state index in [-0.39, 0.29) is 55.8 Å². The Morgan fingerprint density at radius 3 is 1.88 bits per heavy atom. The zero-order valence-electron chi connectivity index (χ0n) is 29.6. The summed E-state index contributed by atoms with van der Waals surface area (Å²) < 4.78 is 10.6. The predicted octanol–water partition coefficient (Wildman–Crippen LogP) is 1.06. The van der Waals surface area contributed by atoms with Gasteiger partial charge in [0.05, 0.1) is 0 Å². The van der Waals surface area contributed by atoms with E-state index in [2.05, 4.69) is 31.3 Å². The molecule has 1 heterocycles. The normalized spacial score (nSPS) is 13.0. The van der Waals surface area contributed by atoms with Gasteiger partial charge in [-0.25, -0.2) is 9.59 Å². The van der Waals surface area contributed by atoms with E-state index in [1.807, 2.05) is 13.8 Å². The number of hydrogen-bond acceptors (Lipinski definition) is 9. The van der Waals surface area contributed by atoms with Gasteiger partial charge in [0.15, 0.2) is 11.9 Å². The Morgan fingerprint density at radius 2 is 1.36 bits per heavy atom. The average Bonchev–Trinajstić information content (AvgIpc) is 2.97. The molecule has 1 aromatic carbocycles. The third kappa shape index (κ3) is 14.8. The molecule has 17 nitrogen and oxygen atoms in total. The number of aliphatic imine (C=N–C) groups is 2. The molecule has 276 valence electrons. The highest BCUT2D eigenvalue weighted by Gasteiger charge is 2.31. The van der Waals surface area contributed by atoms with E-state index in [0.29, 0.717) is 29.5 Å². The van der Waals surface area contributed by atoms with Crippen LogP contribution in [-0.2, 0) is 19.1 Å². The van der Waals surface area contributed by atoms with Crippen LogP contribution in [-0.4, -0.2) is 72.5 Å². The van der Waals surface area contributed by atoms with Gasteiger partial charge in [-0.2, -0.15) is 0 Å². The van der Waals surface area contributed by atoms with Crippen molar-refractivity contribution in [2.24, 2.45) is 38.8 Å². The van der Waals surface area contributed by atoms with Gasteiger partial charge < -0.3 is 53.4 Å². The van der Waals surface area contributed by atoms with Gasteiger partial charge in [-0.15, -0.1) is 0 Å². The number of anilines is 1.